The van der Waals surface area contributed by atoms with Crippen LogP contribution in [0.25, 0.3) is 21.8 Å². The Kier molecular flexibility index (Phi) is 14.8. The van der Waals surface area contributed by atoms with Gasteiger partial charge in [0.05, 0.1) is 18.0 Å². The predicted molar refractivity (Wildman–Crippen MR) is 159 cm³/mol. The molecule has 2 heterocycles. The van der Waals surface area contributed by atoms with Crippen molar-refractivity contribution in [3.8, 4) is 5.75 Å². The zero-order chi connectivity index (χ0) is 31.8. The van der Waals surface area contributed by atoms with Crippen LogP contribution in [0.15, 0.2) is 48.7 Å². The number of pyridine rings is 1. The highest BCUT2D eigenvalue weighted by Gasteiger charge is 2.16. The van der Waals surface area contributed by atoms with Crippen LogP contribution >= 0.6 is 0 Å². The summed E-state index contributed by atoms with van der Waals surface area (Å²) >= 11 is 0. The molecule has 0 aliphatic heterocycles. The molecular formula is C29H38N4O9. The van der Waals surface area contributed by atoms with E-state index >= 15 is 0 Å². The molecule has 0 amide bonds. The highest BCUT2D eigenvalue weighted by Crippen LogP contribution is 2.36. The van der Waals surface area contributed by atoms with Crippen LogP contribution < -0.4 is 10.1 Å². The summed E-state index contributed by atoms with van der Waals surface area (Å²) in [5.41, 5.74) is 3.61. The van der Waals surface area contributed by atoms with Gasteiger partial charge in [-0.05, 0) is 56.7 Å². The van der Waals surface area contributed by atoms with Gasteiger partial charge in [0, 0.05) is 55.0 Å². The average Bonchev–Trinajstić information content (AvgIpc) is 3.25. The van der Waals surface area contributed by atoms with Gasteiger partial charge in [-0.1, -0.05) is 13.8 Å². The molecule has 5 N–H and O–H groups in total. The smallest absolute Gasteiger partial charge is 0.328 e. The number of anilines is 1. The number of hydrogen-bond donors (Lipinski definition) is 5. The van der Waals surface area contributed by atoms with E-state index < -0.39 is 23.9 Å². The number of aryl methyl sites for hydroxylation is 2. The van der Waals surface area contributed by atoms with Gasteiger partial charge in [-0.2, -0.15) is 0 Å². The standard InChI is InChI=1S/C21H30N4O.2C4H4O4/c1-6-25(7-2)12-8-11-22-21-19-17-13-16(26-5)9-10-18(17)24(4)20(19)15(3)14-23-21;2*5-3(6)1-2-4(7)8/h9-10,13-14H,6-8,11-12H2,1-5H3,(H,22,23);2*1-2H,(H,5,6)(H,7,8)/b;2*2-1+. The number of rotatable bonds is 12. The number of fused-ring (bicyclic) bond motifs is 3. The summed E-state index contributed by atoms with van der Waals surface area (Å²) in [7, 11) is 3.83. The quantitative estimate of drug-likeness (QED) is 0.153. The molecule has 0 radical (unpaired) electrons. The molecule has 1 aromatic carbocycles. The third-order valence-corrected chi connectivity index (χ3v) is 5.98. The fraction of sp³-hybridized carbons (Fsp3) is 0.345. The normalized spacial score (nSPS) is 10.8. The highest BCUT2D eigenvalue weighted by molar-refractivity contribution is 6.14. The lowest BCUT2D eigenvalue weighted by atomic mass is 10.1. The monoisotopic (exact) mass is 586 g/mol. The molecular weight excluding hydrogens is 548 g/mol. The number of carbonyl (C=O) groups is 4. The molecule has 0 aliphatic carbocycles. The Labute approximate surface area is 243 Å². The van der Waals surface area contributed by atoms with E-state index in [1.165, 1.54) is 27.4 Å². The van der Waals surface area contributed by atoms with E-state index in [0.29, 0.717) is 24.3 Å². The third kappa shape index (κ3) is 11.3. The van der Waals surface area contributed by atoms with Crippen molar-refractivity contribution in [1.29, 1.82) is 0 Å². The van der Waals surface area contributed by atoms with Gasteiger partial charge in [-0.3, -0.25) is 0 Å². The summed E-state index contributed by atoms with van der Waals surface area (Å²) in [6.07, 6.45) is 5.30. The second-order valence-electron chi connectivity index (χ2n) is 8.78. The molecule has 13 heteroatoms. The zero-order valence-corrected chi connectivity index (χ0v) is 24.3. The molecule has 0 atom stereocenters. The van der Waals surface area contributed by atoms with E-state index in [4.69, 9.17) is 30.1 Å². The number of nitrogens with zero attached hydrogens (tertiary/aromatic N) is 3. The lowest BCUT2D eigenvalue weighted by Crippen LogP contribution is -2.25. The Hall–Kier alpha value is -4.91. The first-order valence-electron chi connectivity index (χ1n) is 13.0. The fourth-order valence-electron chi connectivity index (χ4n) is 4.01. The number of hydrogen-bond acceptors (Lipinski definition) is 8. The molecule has 2 aromatic heterocycles. The number of benzene rings is 1. The minimum Gasteiger partial charge on any atom is -0.497 e. The van der Waals surface area contributed by atoms with Gasteiger partial charge >= 0.3 is 23.9 Å². The second-order valence-corrected chi connectivity index (χ2v) is 8.78. The fourth-order valence-corrected chi connectivity index (χ4v) is 4.01. The van der Waals surface area contributed by atoms with Crippen molar-refractivity contribution in [3.63, 3.8) is 0 Å². The molecule has 0 saturated heterocycles. The molecule has 3 aromatic rings. The first-order chi connectivity index (χ1) is 19.9. The van der Waals surface area contributed by atoms with Gasteiger partial charge in [0.1, 0.15) is 11.6 Å². The Morgan fingerprint density at radius 3 is 1.93 bits per heavy atom. The summed E-state index contributed by atoms with van der Waals surface area (Å²) in [5, 5.41) is 37.2. The number of carboxylic acid groups (broad SMARTS) is 4. The van der Waals surface area contributed by atoms with Gasteiger partial charge in [-0.15, -0.1) is 0 Å². The molecule has 0 fully saturated rings. The lowest BCUT2D eigenvalue weighted by Gasteiger charge is -2.18. The van der Waals surface area contributed by atoms with E-state index in [1.807, 2.05) is 12.3 Å². The summed E-state index contributed by atoms with van der Waals surface area (Å²) in [4.78, 5) is 45.4. The van der Waals surface area contributed by atoms with Crippen molar-refractivity contribution in [1.82, 2.24) is 14.5 Å². The van der Waals surface area contributed by atoms with Gasteiger partial charge in [-0.25, -0.2) is 24.2 Å². The zero-order valence-electron chi connectivity index (χ0n) is 24.3. The number of ether oxygens (including phenoxy) is 1. The molecule has 42 heavy (non-hydrogen) atoms. The van der Waals surface area contributed by atoms with E-state index in [9.17, 15) is 19.2 Å². The minimum atomic E-state index is -1.26. The first-order valence-corrected chi connectivity index (χ1v) is 13.0. The van der Waals surface area contributed by atoms with Crippen LogP contribution in [0.2, 0.25) is 0 Å². The van der Waals surface area contributed by atoms with Crippen LogP contribution in [0.4, 0.5) is 5.82 Å². The predicted octanol–water partition coefficient (Wildman–Crippen LogP) is 3.61. The van der Waals surface area contributed by atoms with Crippen LogP contribution in [0.5, 0.6) is 5.75 Å². The molecule has 0 saturated carbocycles. The Bertz CT molecular complexity index is 1370. The van der Waals surface area contributed by atoms with Crippen LogP contribution in [0.1, 0.15) is 25.8 Å². The van der Waals surface area contributed by atoms with Gasteiger partial charge in [0.15, 0.2) is 0 Å². The number of methoxy groups -OCH3 is 1. The van der Waals surface area contributed by atoms with Gasteiger partial charge in [0.2, 0.25) is 0 Å². The highest BCUT2D eigenvalue weighted by atomic mass is 16.5. The van der Waals surface area contributed by atoms with Crippen molar-refractivity contribution in [2.24, 2.45) is 7.05 Å². The Morgan fingerprint density at radius 1 is 0.952 bits per heavy atom. The molecule has 0 bridgehead atoms. The van der Waals surface area contributed by atoms with Gasteiger partial charge < -0.3 is 39.9 Å². The van der Waals surface area contributed by atoms with Crippen LogP contribution in [0, 0.1) is 6.92 Å². The average molecular weight is 587 g/mol. The maximum absolute atomic E-state index is 9.55. The topological polar surface area (TPSA) is 192 Å². The number of aromatic nitrogens is 2. The van der Waals surface area contributed by atoms with Gasteiger partial charge in [0.25, 0.3) is 0 Å². The van der Waals surface area contributed by atoms with Crippen molar-refractivity contribution in [2.75, 3.05) is 38.6 Å². The van der Waals surface area contributed by atoms with Crippen molar-refractivity contribution < 1.29 is 44.3 Å². The molecule has 0 unspecified atom stereocenters. The largest absolute Gasteiger partial charge is 0.497 e. The summed E-state index contributed by atoms with van der Waals surface area (Å²) in [5.74, 6) is -3.19. The number of aliphatic carboxylic acids is 4. The summed E-state index contributed by atoms with van der Waals surface area (Å²) < 4.78 is 7.70. The van der Waals surface area contributed by atoms with E-state index in [-0.39, 0.29) is 0 Å². The Balaban J connectivity index is 0.000000454. The maximum Gasteiger partial charge on any atom is 0.328 e. The second kappa shape index (κ2) is 17.7. The number of nitrogens with one attached hydrogen (secondary N) is 1. The van der Waals surface area contributed by atoms with Crippen LogP contribution in [0.3, 0.4) is 0 Å². The van der Waals surface area contributed by atoms with Crippen LogP contribution in [-0.2, 0) is 26.2 Å². The van der Waals surface area contributed by atoms with Crippen LogP contribution in [-0.4, -0.2) is 92.0 Å². The van der Waals surface area contributed by atoms with E-state index in [2.05, 4.69) is 54.7 Å². The van der Waals surface area contributed by atoms with E-state index in [1.54, 1.807) is 7.11 Å². The Morgan fingerprint density at radius 2 is 1.48 bits per heavy atom. The SMILES string of the molecule is CCN(CC)CCCNc1ncc(C)c2c1c1cc(OC)ccc1n2C.O=C(O)/C=C/C(=O)O.O=C(O)/C=C/C(=O)O. The molecule has 0 spiro atoms. The maximum atomic E-state index is 9.55. The van der Waals surface area contributed by atoms with Crippen molar-refractivity contribution in [3.05, 3.63) is 54.3 Å². The van der Waals surface area contributed by atoms with Crippen molar-refractivity contribution in [2.45, 2.75) is 27.2 Å². The first kappa shape index (κ1) is 35.1. The molecule has 0 aliphatic rings. The molecule has 228 valence electrons. The van der Waals surface area contributed by atoms with E-state index in [0.717, 1.165) is 44.2 Å². The summed E-state index contributed by atoms with van der Waals surface area (Å²) in [6.45, 7) is 10.8. The van der Waals surface area contributed by atoms with Crippen molar-refractivity contribution >= 4 is 51.5 Å². The third-order valence-electron chi connectivity index (χ3n) is 5.98. The lowest BCUT2D eigenvalue weighted by molar-refractivity contribution is -0.134. The molecule has 3 rings (SSSR count). The number of carboxylic acids is 4. The minimum absolute atomic E-state index is 0.558. The molecule has 13 nitrogen and oxygen atoms in total. The summed E-state index contributed by atoms with van der Waals surface area (Å²) in [6, 6.07) is 6.25.